The van der Waals surface area contributed by atoms with E-state index in [0.717, 1.165) is 22.3 Å². The van der Waals surface area contributed by atoms with Gasteiger partial charge in [0.15, 0.2) is 0 Å². The molecule has 0 radical (unpaired) electrons. The lowest BCUT2D eigenvalue weighted by Gasteiger charge is -2.17. The standard InChI is InChI=1S/C20H19NO6/c22-18(23)10-9-17(19(24)25)21-20(26)27-11-16-14-7-3-1-5-12(14)13-6-2-4-8-15(13)16/h1-8,16-17H,9-11H2,(H,21,26)(H,22,23)(H,24,25)/t17-/m0/s1/i/hD. The molecular weight excluding hydrogens is 350 g/mol. The molecule has 1 atom stereocenters. The molecule has 0 heterocycles. The van der Waals surface area contributed by atoms with Gasteiger partial charge in [0, 0.05) is 12.3 Å². The number of ether oxygens (including phenoxy) is 1. The van der Waals surface area contributed by atoms with E-state index in [1.165, 1.54) is 0 Å². The van der Waals surface area contributed by atoms with Crippen LogP contribution in [0.2, 0.25) is 0 Å². The number of fused-ring (bicyclic) bond motifs is 3. The number of carboxylic acids is 2. The lowest BCUT2D eigenvalue weighted by Crippen LogP contribution is -2.41. The predicted molar refractivity (Wildman–Crippen MR) is 96.5 cm³/mol. The maximum absolute atomic E-state index is 12.1. The topological polar surface area (TPSA) is 113 Å². The monoisotopic (exact) mass is 370 g/mol. The minimum atomic E-state index is -1.31. The first-order valence-corrected chi connectivity index (χ1v) is 8.51. The molecule has 1 amide bonds. The van der Waals surface area contributed by atoms with E-state index in [9.17, 15) is 19.5 Å². The van der Waals surface area contributed by atoms with Crippen molar-refractivity contribution in [3.05, 3.63) is 59.7 Å². The number of amides is 1. The van der Waals surface area contributed by atoms with Crippen LogP contribution in [0.4, 0.5) is 4.79 Å². The van der Waals surface area contributed by atoms with Crippen molar-refractivity contribution in [3.8, 4) is 11.1 Å². The first-order valence-electron chi connectivity index (χ1n) is 8.92. The van der Waals surface area contributed by atoms with Crippen molar-refractivity contribution in [2.75, 3.05) is 6.61 Å². The highest BCUT2D eigenvalue weighted by atomic mass is 16.5. The Morgan fingerprint density at radius 2 is 1.67 bits per heavy atom. The second kappa shape index (κ2) is 7.90. The van der Waals surface area contributed by atoms with Gasteiger partial charge in [0.1, 0.15) is 12.6 Å². The second-order valence-electron chi connectivity index (χ2n) is 6.27. The smallest absolute Gasteiger partial charge is 0.407 e. The Labute approximate surface area is 157 Å². The highest BCUT2D eigenvalue weighted by molar-refractivity contribution is 5.81. The Hall–Kier alpha value is -3.35. The van der Waals surface area contributed by atoms with Gasteiger partial charge < -0.3 is 20.3 Å². The Morgan fingerprint density at radius 3 is 2.22 bits per heavy atom. The summed E-state index contributed by atoms with van der Waals surface area (Å²) in [6.45, 7) is 0.0565. The predicted octanol–water partition coefficient (Wildman–Crippen LogP) is 2.84. The van der Waals surface area contributed by atoms with Crippen molar-refractivity contribution in [2.45, 2.75) is 24.8 Å². The molecule has 0 aromatic heterocycles. The summed E-state index contributed by atoms with van der Waals surface area (Å²) in [5, 5.41) is 15.2. The molecular formula is C20H19NO6. The molecule has 0 saturated heterocycles. The van der Waals surface area contributed by atoms with Gasteiger partial charge in [-0.05, 0) is 28.7 Å². The zero-order chi connectivity index (χ0) is 20.1. The van der Waals surface area contributed by atoms with Crippen LogP contribution >= 0.6 is 0 Å². The van der Waals surface area contributed by atoms with E-state index in [4.69, 9.17) is 6.17 Å². The van der Waals surface area contributed by atoms with Crippen molar-refractivity contribution >= 4 is 18.0 Å². The summed E-state index contributed by atoms with van der Waals surface area (Å²) in [5.74, 6) is -2.31. The zero-order valence-electron chi connectivity index (χ0n) is 15.4. The molecule has 7 heteroatoms. The largest absolute Gasteiger partial charge is 0.481 e. The van der Waals surface area contributed by atoms with Gasteiger partial charge in [0.25, 0.3) is 1.43 Å². The molecule has 0 spiro atoms. The summed E-state index contributed by atoms with van der Waals surface area (Å²) in [5.41, 5.74) is 4.27. The van der Waals surface area contributed by atoms with E-state index >= 15 is 0 Å². The zero-order valence-corrected chi connectivity index (χ0v) is 14.4. The van der Waals surface area contributed by atoms with Crippen molar-refractivity contribution in [1.82, 2.24) is 5.32 Å². The van der Waals surface area contributed by atoms with E-state index in [-0.39, 0.29) is 25.4 Å². The van der Waals surface area contributed by atoms with Gasteiger partial charge in [-0.25, -0.2) is 9.59 Å². The molecule has 140 valence electrons. The van der Waals surface area contributed by atoms with Crippen molar-refractivity contribution in [1.29, 1.82) is 1.43 Å². The molecule has 0 bridgehead atoms. The Balaban J connectivity index is 1.64. The summed E-state index contributed by atoms with van der Waals surface area (Å²) in [6.07, 6.45) is -1.38. The van der Waals surface area contributed by atoms with E-state index in [1.54, 1.807) is 0 Å². The fourth-order valence-electron chi connectivity index (χ4n) is 3.30. The molecule has 1 aliphatic carbocycles. The van der Waals surface area contributed by atoms with E-state index in [0.29, 0.717) is 0 Å². The van der Waals surface area contributed by atoms with Gasteiger partial charge in [-0.3, -0.25) is 4.79 Å². The number of aliphatic carboxylic acids is 2. The van der Waals surface area contributed by atoms with Crippen molar-refractivity contribution in [2.24, 2.45) is 0 Å². The van der Waals surface area contributed by atoms with Gasteiger partial charge in [-0.2, -0.15) is 0 Å². The molecule has 0 aliphatic heterocycles. The van der Waals surface area contributed by atoms with E-state index < -0.39 is 24.1 Å². The highest BCUT2D eigenvalue weighted by Gasteiger charge is 2.29. The summed E-state index contributed by atoms with van der Waals surface area (Å²) in [6, 6.07) is 14.4. The van der Waals surface area contributed by atoms with Crippen LogP contribution in [0, 0.1) is 0 Å². The van der Waals surface area contributed by atoms with Gasteiger partial charge in [0.05, 0.1) is 0 Å². The van der Waals surface area contributed by atoms with Crippen LogP contribution in [0.3, 0.4) is 0 Å². The van der Waals surface area contributed by atoms with Gasteiger partial charge in [-0.15, -0.1) is 0 Å². The average Bonchev–Trinajstić information content (AvgIpc) is 3.03. The van der Waals surface area contributed by atoms with Crippen LogP contribution in [0.15, 0.2) is 48.5 Å². The minimum absolute atomic E-state index is 0.0565. The quantitative estimate of drug-likeness (QED) is 0.691. The number of alkyl carbamates (subject to hydrolysis) is 1. The van der Waals surface area contributed by atoms with Crippen LogP contribution in [-0.4, -0.2) is 40.9 Å². The number of carboxylic acid groups (broad SMARTS) is 2. The molecule has 3 N–H and O–H groups in total. The average molecular weight is 370 g/mol. The molecule has 3 rings (SSSR count). The number of hydrogen-bond acceptors (Lipinski definition) is 5. The first-order chi connectivity index (χ1) is 13.5. The molecule has 27 heavy (non-hydrogen) atoms. The molecule has 0 saturated carbocycles. The number of benzene rings is 2. The van der Waals surface area contributed by atoms with Gasteiger partial charge in [-0.1, -0.05) is 48.5 Å². The summed E-state index contributed by atoms with van der Waals surface area (Å²) >= 11 is 0. The molecule has 0 unspecified atom stereocenters. The number of hydrogen-bond donors (Lipinski definition) is 3. The lowest BCUT2D eigenvalue weighted by atomic mass is 9.98. The minimum Gasteiger partial charge on any atom is -0.481 e. The highest BCUT2D eigenvalue weighted by Crippen LogP contribution is 2.44. The lowest BCUT2D eigenvalue weighted by molar-refractivity contribution is -0.140. The van der Waals surface area contributed by atoms with E-state index in [1.807, 2.05) is 48.5 Å². The fourth-order valence-corrected chi connectivity index (χ4v) is 3.30. The van der Waals surface area contributed by atoms with Crippen molar-refractivity contribution < 1.29 is 29.3 Å². The number of carbonyl (C=O) groups is 3. The van der Waals surface area contributed by atoms with Crippen LogP contribution in [0.1, 0.15) is 29.9 Å². The third-order valence-electron chi connectivity index (χ3n) is 4.57. The molecule has 1 aliphatic rings. The fraction of sp³-hybridized carbons (Fsp3) is 0.250. The Kier molecular flexibility index (Phi) is 5.00. The van der Waals surface area contributed by atoms with Gasteiger partial charge in [0.2, 0.25) is 0 Å². The second-order valence-corrected chi connectivity index (χ2v) is 6.27. The summed E-state index contributed by atoms with van der Waals surface area (Å²) in [4.78, 5) is 34.4. The van der Waals surface area contributed by atoms with E-state index in [2.05, 4.69) is 10.4 Å². The van der Waals surface area contributed by atoms with Crippen LogP contribution < -0.4 is 5.32 Å². The van der Waals surface area contributed by atoms with Gasteiger partial charge >= 0.3 is 18.0 Å². The first kappa shape index (κ1) is 17.1. The normalized spacial score (nSPS) is 13.7. The summed E-state index contributed by atoms with van der Waals surface area (Å²) in [7, 11) is 0. The Morgan fingerprint density at radius 1 is 1.07 bits per heavy atom. The molecule has 2 aromatic rings. The summed E-state index contributed by atoms with van der Waals surface area (Å²) < 4.78 is 11.8. The molecule has 2 aromatic carbocycles. The van der Waals surface area contributed by atoms with Crippen molar-refractivity contribution in [3.63, 3.8) is 0 Å². The maximum atomic E-state index is 12.1. The Bertz CT molecular complexity index is 854. The van der Waals surface area contributed by atoms with Crippen LogP contribution in [0.25, 0.3) is 12.6 Å². The van der Waals surface area contributed by atoms with Crippen LogP contribution in [0.5, 0.6) is 0 Å². The third-order valence-corrected chi connectivity index (χ3v) is 4.57. The number of nitrogens with one attached hydrogen (secondary N) is 1. The SMILES string of the molecule is [2H]OC(=O)CC[C@H](NC(=O)OCC1c2ccccc2-c2ccccc21)C(=O)O. The molecule has 0 fully saturated rings. The third kappa shape index (κ3) is 4.08. The molecule has 7 nitrogen and oxygen atoms in total. The number of carbonyl (C=O) groups excluding carboxylic acids is 1. The van der Waals surface area contributed by atoms with Crippen LogP contribution in [-0.2, 0) is 14.3 Å². The maximum Gasteiger partial charge on any atom is 0.407 e. The number of rotatable bonds is 7.